The predicted octanol–water partition coefficient (Wildman–Crippen LogP) is 14.6. The molecule has 0 radical (unpaired) electrons. The van der Waals surface area contributed by atoms with E-state index in [1.807, 2.05) is 24.3 Å². The highest BCUT2D eigenvalue weighted by atomic mass is 15.0. The van der Waals surface area contributed by atoms with Gasteiger partial charge < -0.3 is 4.57 Å². The van der Waals surface area contributed by atoms with Gasteiger partial charge in [0.05, 0.1) is 11.0 Å². The molecule has 4 heteroatoms. The topological polar surface area (TPSA) is 43.6 Å². The summed E-state index contributed by atoms with van der Waals surface area (Å²) in [5.41, 5.74) is 15.5. The van der Waals surface area contributed by atoms with Gasteiger partial charge in [-0.05, 0) is 87.0 Å². The van der Waals surface area contributed by atoms with Crippen LogP contribution in [0.5, 0.6) is 0 Å². The lowest BCUT2D eigenvalue weighted by Gasteiger charge is -2.12. The fraction of sp³-hybridized carbons (Fsp3) is 0. The van der Waals surface area contributed by atoms with Crippen LogP contribution in [0.15, 0.2) is 231 Å². The summed E-state index contributed by atoms with van der Waals surface area (Å²) >= 11 is 0. The summed E-state index contributed by atoms with van der Waals surface area (Å²) in [6, 6.07) is 81.1. The maximum atomic E-state index is 5.28. The van der Waals surface area contributed by atoms with Crippen molar-refractivity contribution in [1.29, 1.82) is 0 Å². The van der Waals surface area contributed by atoms with Gasteiger partial charge in [-0.1, -0.05) is 188 Å². The van der Waals surface area contributed by atoms with E-state index in [1.54, 1.807) is 0 Å². The van der Waals surface area contributed by atoms with Crippen LogP contribution in [0.4, 0.5) is 0 Å². The molecule has 0 spiro atoms. The smallest absolute Gasteiger partial charge is 0.164 e. The number of para-hydroxylation sites is 1. The number of hydrogen-bond acceptors (Lipinski definition) is 3. The molecule has 2 aromatic heterocycles. The molecule has 0 aliphatic rings. The van der Waals surface area contributed by atoms with E-state index < -0.39 is 0 Å². The summed E-state index contributed by atoms with van der Waals surface area (Å²) in [5, 5.41) is 2.23. The van der Waals surface area contributed by atoms with Crippen molar-refractivity contribution in [1.82, 2.24) is 19.5 Å². The third kappa shape index (κ3) is 6.86. The molecule has 11 rings (SSSR count). The first-order valence-electron chi connectivity index (χ1n) is 20.6. The molecule has 11 aromatic rings. The average molecular weight is 779 g/mol. The van der Waals surface area contributed by atoms with E-state index >= 15 is 0 Å². The molecule has 0 aliphatic heterocycles. The standard InChI is InChI=1S/C57H38N4/c1-4-16-39(17-5-1)43-22-12-24-45(36-43)41-32-34-49(35-33-41)61-52-30-11-10-28-50(52)54-51(29-15-31-53(54)61)57-59-55(42-20-8-3-9-21-42)58-56(60-57)48-27-14-26-47(38-48)46-25-13-23-44(37-46)40-18-6-2-7-19-40/h1-38H. The van der Waals surface area contributed by atoms with E-state index in [2.05, 4.69) is 211 Å². The van der Waals surface area contributed by atoms with Crippen molar-refractivity contribution in [2.24, 2.45) is 0 Å². The van der Waals surface area contributed by atoms with Crippen molar-refractivity contribution in [3.8, 4) is 84.4 Å². The molecule has 0 saturated heterocycles. The van der Waals surface area contributed by atoms with Crippen LogP contribution in [0.2, 0.25) is 0 Å². The largest absolute Gasteiger partial charge is 0.309 e. The first-order chi connectivity index (χ1) is 30.2. The first kappa shape index (κ1) is 35.9. The van der Waals surface area contributed by atoms with Crippen molar-refractivity contribution in [3.63, 3.8) is 0 Å². The Labute approximate surface area is 354 Å². The zero-order valence-corrected chi connectivity index (χ0v) is 33.2. The predicted molar refractivity (Wildman–Crippen MR) is 252 cm³/mol. The second-order valence-electron chi connectivity index (χ2n) is 15.2. The van der Waals surface area contributed by atoms with Crippen LogP contribution in [-0.4, -0.2) is 19.5 Å². The van der Waals surface area contributed by atoms with Gasteiger partial charge in [-0.3, -0.25) is 0 Å². The molecule has 0 fully saturated rings. The molecular weight excluding hydrogens is 741 g/mol. The Hall–Kier alpha value is -8.21. The Morgan fingerprint density at radius 3 is 1.25 bits per heavy atom. The van der Waals surface area contributed by atoms with E-state index in [9.17, 15) is 0 Å². The van der Waals surface area contributed by atoms with Gasteiger partial charge in [0, 0.05) is 33.2 Å². The summed E-state index contributed by atoms with van der Waals surface area (Å²) < 4.78 is 2.35. The first-order valence-corrected chi connectivity index (χ1v) is 20.6. The zero-order valence-electron chi connectivity index (χ0n) is 33.2. The maximum Gasteiger partial charge on any atom is 0.164 e. The lowest BCUT2D eigenvalue weighted by Crippen LogP contribution is -2.00. The molecular formula is C57H38N4. The van der Waals surface area contributed by atoms with Crippen molar-refractivity contribution < 1.29 is 0 Å². The van der Waals surface area contributed by atoms with Gasteiger partial charge in [0.1, 0.15) is 0 Å². The molecule has 61 heavy (non-hydrogen) atoms. The number of hydrogen-bond donors (Lipinski definition) is 0. The highest BCUT2D eigenvalue weighted by Gasteiger charge is 2.20. The number of benzene rings is 9. The normalized spacial score (nSPS) is 11.3. The molecule has 0 N–H and O–H groups in total. The maximum absolute atomic E-state index is 5.28. The van der Waals surface area contributed by atoms with Crippen LogP contribution in [0.25, 0.3) is 106 Å². The van der Waals surface area contributed by atoms with Crippen LogP contribution < -0.4 is 0 Å². The third-order valence-electron chi connectivity index (χ3n) is 11.5. The molecule has 0 bridgehead atoms. The Morgan fingerprint density at radius 1 is 0.262 bits per heavy atom. The molecule has 0 amide bonds. The second kappa shape index (κ2) is 15.5. The van der Waals surface area contributed by atoms with E-state index in [-0.39, 0.29) is 0 Å². The number of fused-ring (bicyclic) bond motifs is 3. The molecule has 9 aromatic carbocycles. The number of rotatable bonds is 8. The molecule has 2 heterocycles. The Balaban J connectivity index is 1.03. The fourth-order valence-corrected chi connectivity index (χ4v) is 8.48. The van der Waals surface area contributed by atoms with Gasteiger partial charge in [0.2, 0.25) is 0 Å². The Kier molecular flexibility index (Phi) is 9.14. The molecule has 4 nitrogen and oxygen atoms in total. The SMILES string of the molecule is c1ccc(-c2cccc(-c3ccc(-n4c5ccccc5c5c(-c6nc(-c7ccccc7)nc(-c7cccc(-c8cccc(-c9ccccc9)c8)c7)n6)cccc54)cc3)c2)cc1. The minimum absolute atomic E-state index is 0.623. The summed E-state index contributed by atoms with van der Waals surface area (Å²) in [5.74, 6) is 1.88. The minimum Gasteiger partial charge on any atom is -0.309 e. The second-order valence-corrected chi connectivity index (χ2v) is 15.2. The summed E-state index contributed by atoms with van der Waals surface area (Å²) in [4.78, 5) is 15.6. The van der Waals surface area contributed by atoms with Crippen molar-refractivity contribution in [2.75, 3.05) is 0 Å². The molecule has 0 aliphatic carbocycles. The van der Waals surface area contributed by atoms with E-state index in [1.165, 1.54) is 33.4 Å². The highest BCUT2D eigenvalue weighted by Crippen LogP contribution is 2.39. The Bertz CT molecular complexity index is 3340. The van der Waals surface area contributed by atoms with Crippen LogP contribution in [0.3, 0.4) is 0 Å². The van der Waals surface area contributed by atoms with Gasteiger partial charge in [-0.25, -0.2) is 15.0 Å². The van der Waals surface area contributed by atoms with Crippen molar-refractivity contribution >= 4 is 21.8 Å². The van der Waals surface area contributed by atoms with Crippen LogP contribution >= 0.6 is 0 Å². The van der Waals surface area contributed by atoms with Gasteiger partial charge in [-0.15, -0.1) is 0 Å². The van der Waals surface area contributed by atoms with Gasteiger partial charge in [0.15, 0.2) is 17.5 Å². The van der Waals surface area contributed by atoms with E-state index in [0.29, 0.717) is 17.5 Å². The van der Waals surface area contributed by atoms with E-state index in [4.69, 9.17) is 15.0 Å². The lowest BCUT2D eigenvalue weighted by molar-refractivity contribution is 1.08. The van der Waals surface area contributed by atoms with Crippen molar-refractivity contribution in [2.45, 2.75) is 0 Å². The highest BCUT2D eigenvalue weighted by molar-refractivity contribution is 6.15. The van der Waals surface area contributed by atoms with Crippen LogP contribution in [0, 0.1) is 0 Å². The average Bonchev–Trinajstić information content (AvgIpc) is 3.69. The summed E-state index contributed by atoms with van der Waals surface area (Å²) in [6.45, 7) is 0. The number of nitrogens with zero attached hydrogens (tertiary/aromatic N) is 4. The molecule has 0 atom stereocenters. The van der Waals surface area contributed by atoms with Gasteiger partial charge in [-0.2, -0.15) is 0 Å². The van der Waals surface area contributed by atoms with E-state index in [0.717, 1.165) is 55.3 Å². The molecule has 0 saturated carbocycles. The minimum atomic E-state index is 0.623. The summed E-state index contributed by atoms with van der Waals surface area (Å²) in [7, 11) is 0. The monoisotopic (exact) mass is 778 g/mol. The van der Waals surface area contributed by atoms with Crippen molar-refractivity contribution in [3.05, 3.63) is 231 Å². The summed E-state index contributed by atoms with van der Waals surface area (Å²) in [6.07, 6.45) is 0. The quantitative estimate of drug-likeness (QED) is 0.154. The van der Waals surface area contributed by atoms with Gasteiger partial charge >= 0.3 is 0 Å². The fourth-order valence-electron chi connectivity index (χ4n) is 8.48. The lowest BCUT2D eigenvalue weighted by atomic mass is 9.98. The third-order valence-corrected chi connectivity index (χ3v) is 11.5. The molecule has 0 unspecified atom stereocenters. The van der Waals surface area contributed by atoms with Crippen LogP contribution in [0.1, 0.15) is 0 Å². The zero-order chi connectivity index (χ0) is 40.5. The number of aromatic nitrogens is 4. The Morgan fingerprint density at radius 2 is 0.656 bits per heavy atom. The van der Waals surface area contributed by atoms with Gasteiger partial charge in [0.25, 0.3) is 0 Å². The molecule has 286 valence electrons. The van der Waals surface area contributed by atoms with Crippen LogP contribution in [-0.2, 0) is 0 Å².